The van der Waals surface area contributed by atoms with E-state index in [1.165, 1.54) is 4.31 Å². The summed E-state index contributed by atoms with van der Waals surface area (Å²) >= 11 is 0. The normalized spacial score (nSPS) is 22.7. The van der Waals surface area contributed by atoms with E-state index in [0.717, 1.165) is 5.39 Å². The molecule has 3 rings (SSSR count). The Morgan fingerprint density at radius 1 is 1.23 bits per heavy atom. The molecular weight excluding hydrogens is 320 g/mol. The molecule has 1 fully saturated rings. The third-order valence-corrected chi connectivity index (χ3v) is 7.70. The van der Waals surface area contributed by atoms with Gasteiger partial charge >= 0.3 is 0 Å². The zero-order chi connectivity index (χ0) is 16.0. The number of rotatable bonds is 2. The first kappa shape index (κ1) is 15.6. The van der Waals surface area contributed by atoms with Crippen molar-refractivity contribution in [2.24, 2.45) is 0 Å². The van der Waals surface area contributed by atoms with Crippen LogP contribution in [-0.4, -0.2) is 45.5 Å². The summed E-state index contributed by atoms with van der Waals surface area (Å²) in [6.07, 6.45) is 1.59. The second-order valence-electron chi connectivity index (χ2n) is 5.98. The molecule has 0 N–H and O–H groups in total. The van der Waals surface area contributed by atoms with Crippen molar-refractivity contribution in [3.63, 3.8) is 0 Å². The SMILES string of the molecule is CC1(C)CN(S(=O)(=O)c2cccc3cccnc23)CC[S@]1=O. The quantitative estimate of drug-likeness (QED) is 0.837. The van der Waals surface area contributed by atoms with Crippen LogP contribution >= 0.6 is 0 Å². The number of fused-ring (bicyclic) bond motifs is 1. The number of sulfonamides is 1. The Morgan fingerprint density at radius 3 is 2.68 bits per heavy atom. The van der Waals surface area contributed by atoms with Gasteiger partial charge in [0.2, 0.25) is 10.0 Å². The van der Waals surface area contributed by atoms with Crippen molar-refractivity contribution < 1.29 is 12.6 Å². The maximum atomic E-state index is 13.0. The van der Waals surface area contributed by atoms with Gasteiger partial charge in [-0.3, -0.25) is 9.19 Å². The maximum Gasteiger partial charge on any atom is 0.245 e. The van der Waals surface area contributed by atoms with Gasteiger partial charge in [0.15, 0.2) is 0 Å². The molecule has 1 atom stereocenters. The highest BCUT2D eigenvalue weighted by Crippen LogP contribution is 2.28. The molecule has 1 aliphatic heterocycles. The van der Waals surface area contributed by atoms with E-state index in [4.69, 9.17) is 0 Å². The van der Waals surface area contributed by atoms with Crippen LogP contribution in [0.15, 0.2) is 41.4 Å². The first-order chi connectivity index (χ1) is 10.3. The number of hydrogen-bond donors (Lipinski definition) is 0. The minimum absolute atomic E-state index is 0.217. The minimum Gasteiger partial charge on any atom is -0.259 e. The molecule has 1 aliphatic rings. The van der Waals surface area contributed by atoms with E-state index in [2.05, 4.69) is 4.98 Å². The van der Waals surface area contributed by atoms with Gasteiger partial charge in [0.25, 0.3) is 0 Å². The Morgan fingerprint density at radius 2 is 1.95 bits per heavy atom. The Hall–Kier alpha value is -1.31. The molecule has 5 nitrogen and oxygen atoms in total. The van der Waals surface area contributed by atoms with Gasteiger partial charge in [0.1, 0.15) is 4.90 Å². The van der Waals surface area contributed by atoms with Gasteiger partial charge in [0.05, 0.1) is 10.3 Å². The smallest absolute Gasteiger partial charge is 0.245 e. The third-order valence-electron chi connectivity index (χ3n) is 3.91. The molecule has 2 aromatic rings. The Balaban J connectivity index is 2.08. The molecule has 0 bridgehead atoms. The van der Waals surface area contributed by atoms with Gasteiger partial charge in [-0.05, 0) is 26.0 Å². The molecule has 0 aliphatic carbocycles. The molecular formula is C15H18N2O3S2. The molecule has 0 saturated carbocycles. The first-order valence-electron chi connectivity index (χ1n) is 7.05. The second kappa shape index (κ2) is 5.40. The van der Waals surface area contributed by atoms with E-state index in [9.17, 15) is 12.6 Å². The van der Waals surface area contributed by atoms with E-state index in [-0.39, 0.29) is 18.0 Å². The van der Waals surface area contributed by atoms with Gasteiger partial charge in [-0.25, -0.2) is 8.42 Å². The topological polar surface area (TPSA) is 67.3 Å². The predicted molar refractivity (Wildman–Crippen MR) is 87.6 cm³/mol. The number of hydrogen-bond acceptors (Lipinski definition) is 4. The molecule has 0 unspecified atom stereocenters. The lowest BCUT2D eigenvalue weighted by Gasteiger charge is -2.36. The molecule has 0 radical (unpaired) electrons. The standard InChI is InChI=1S/C15H18N2O3S2/c1-15(2)11-17(9-10-21(15)18)22(19,20)13-7-3-5-12-6-4-8-16-14(12)13/h3-8H,9-11H2,1-2H3/t21-/m1/s1. The van der Waals surface area contributed by atoms with Crippen LogP contribution in [0.4, 0.5) is 0 Å². The van der Waals surface area contributed by atoms with Gasteiger partial charge in [-0.2, -0.15) is 4.31 Å². The highest BCUT2D eigenvalue weighted by molar-refractivity contribution is 7.90. The van der Waals surface area contributed by atoms with E-state index in [0.29, 0.717) is 11.3 Å². The monoisotopic (exact) mass is 338 g/mol. The lowest BCUT2D eigenvalue weighted by molar-refractivity contribution is 0.379. The van der Waals surface area contributed by atoms with Crippen LogP contribution in [-0.2, 0) is 20.8 Å². The minimum atomic E-state index is -3.65. The van der Waals surface area contributed by atoms with Crippen LogP contribution in [0.3, 0.4) is 0 Å². The predicted octanol–water partition coefficient (Wildman–Crippen LogP) is 1.77. The zero-order valence-corrected chi connectivity index (χ0v) is 14.2. The molecule has 7 heteroatoms. The number of pyridine rings is 1. The molecule has 0 spiro atoms. The Kier molecular flexibility index (Phi) is 3.82. The second-order valence-corrected chi connectivity index (χ2v) is 10.1. The molecule has 1 saturated heterocycles. The summed E-state index contributed by atoms with van der Waals surface area (Å²) in [6.45, 7) is 4.21. The summed E-state index contributed by atoms with van der Waals surface area (Å²) in [5.74, 6) is 0.366. The fourth-order valence-electron chi connectivity index (χ4n) is 2.67. The van der Waals surface area contributed by atoms with Crippen molar-refractivity contribution in [1.29, 1.82) is 0 Å². The summed E-state index contributed by atoms with van der Waals surface area (Å²) in [5, 5.41) is 0.795. The number of benzene rings is 1. The first-order valence-corrected chi connectivity index (χ1v) is 9.81. The van der Waals surface area contributed by atoms with Crippen LogP contribution in [0.1, 0.15) is 13.8 Å². The largest absolute Gasteiger partial charge is 0.259 e. The summed E-state index contributed by atoms with van der Waals surface area (Å²) in [4.78, 5) is 4.44. The molecule has 2 heterocycles. The number of para-hydroxylation sites is 1. The van der Waals surface area contributed by atoms with Gasteiger partial charge in [-0.1, -0.05) is 18.2 Å². The van der Waals surface area contributed by atoms with Crippen LogP contribution in [0, 0.1) is 0 Å². The summed E-state index contributed by atoms with van der Waals surface area (Å²) in [6, 6.07) is 8.78. The third kappa shape index (κ3) is 2.57. The fourth-order valence-corrected chi connectivity index (χ4v) is 5.87. The van der Waals surface area contributed by atoms with E-state index in [1.54, 1.807) is 24.4 Å². The fraction of sp³-hybridized carbons (Fsp3) is 0.400. The zero-order valence-electron chi connectivity index (χ0n) is 12.5. The van der Waals surface area contributed by atoms with E-state index < -0.39 is 25.6 Å². The van der Waals surface area contributed by atoms with Gasteiger partial charge in [-0.15, -0.1) is 0 Å². The van der Waals surface area contributed by atoms with Crippen molar-refractivity contribution in [2.75, 3.05) is 18.8 Å². The maximum absolute atomic E-state index is 13.0. The molecule has 22 heavy (non-hydrogen) atoms. The van der Waals surface area contributed by atoms with Crippen LogP contribution in [0.25, 0.3) is 10.9 Å². The Labute approximate surface area is 132 Å². The van der Waals surface area contributed by atoms with Crippen molar-refractivity contribution in [3.05, 3.63) is 36.5 Å². The molecule has 0 amide bonds. The van der Waals surface area contributed by atoms with Crippen LogP contribution in [0.5, 0.6) is 0 Å². The van der Waals surface area contributed by atoms with Crippen molar-refractivity contribution >= 4 is 31.7 Å². The Bertz CT molecular complexity index is 841. The average Bonchev–Trinajstić information content (AvgIpc) is 2.49. The number of nitrogens with zero attached hydrogens (tertiary/aromatic N) is 2. The van der Waals surface area contributed by atoms with Crippen molar-refractivity contribution in [2.45, 2.75) is 23.5 Å². The number of aromatic nitrogens is 1. The highest BCUT2D eigenvalue weighted by Gasteiger charge is 2.39. The lowest BCUT2D eigenvalue weighted by Crippen LogP contribution is -2.51. The van der Waals surface area contributed by atoms with Crippen molar-refractivity contribution in [1.82, 2.24) is 9.29 Å². The van der Waals surface area contributed by atoms with Gasteiger partial charge < -0.3 is 0 Å². The lowest BCUT2D eigenvalue weighted by atomic mass is 10.2. The van der Waals surface area contributed by atoms with Gasteiger partial charge in [0, 0.05) is 41.2 Å². The molecule has 118 valence electrons. The van der Waals surface area contributed by atoms with Crippen LogP contribution < -0.4 is 0 Å². The van der Waals surface area contributed by atoms with E-state index in [1.807, 2.05) is 26.0 Å². The summed E-state index contributed by atoms with van der Waals surface area (Å²) < 4.78 is 38.9. The summed E-state index contributed by atoms with van der Waals surface area (Å²) in [7, 11) is -4.66. The molecule has 1 aromatic carbocycles. The summed E-state index contributed by atoms with van der Waals surface area (Å²) in [5.41, 5.74) is 0.481. The van der Waals surface area contributed by atoms with Crippen LogP contribution in [0.2, 0.25) is 0 Å². The highest BCUT2D eigenvalue weighted by atomic mass is 32.2. The molecule has 1 aromatic heterocycles. The van der Waals surface area contributed by atoms with E-state index >= 15 is 0 Å². The van der Waals surface area contributed by atoms with Crippen molar-refractivity contribution in [3.8, 4) is 0 Å². The average molecular weight is 338 g/mol.